The molecule has 106 valence electrons. The quantitative estimate of drug-likeness (QED) is 0.809. The van der Waals surface area contributed by atoms with Gasteiger partial charge in [-0.15, -0.1) is 0 Å². The number of phenols is 2. The Morgan fingerprint density at radius 1 is 1.11 bits per heavy atom. The van der Waals surface area contributed by atoms with Crippen molar-refractivity contribution in [3.63, 3.8) is 0 Å². The number of hydrogen-bond donors (Lipinski definition) is 2. The van der Waals surface area contributed by atoms with Gasteiger partial charge in [0.05, 0.1) is 0 Å². The standard InChI is InChI=1S/C13H16F2O4/c1-3-5-7-8(6-4-2)10(14)12(17)11(16)9(7)13(18)19-15/h16-17H,3-6H2,1-2H3. The predicted octanol–water partition coefficient (Wildman–Crippen LogP) is 3.18. The average molecular weight is 274 g/mol. The Morgan fingerprint density at radius 3 is 2.11 bits per heavy atom. The lowest BCUT2D eigenvalue weighted by atomic mass is 9.92. The normalized spacial score (nSPS) is 10.5. The Hall–Kier alpha value is -1.85. The highest BCUT2D eigenvalue weighted by molar-refractivity contribution is 5.95. The van der Waals surface area contributed by atoms with Crippen molar-refractivity contribution in [2.75, 3.05) is 0 Å². The van der Waals surface area contributed by atoms with E-state index in [-0.39, 0.29) is 24.0 Å². The van der Waals surface area contributed by atoms with Gasteiger partial charge in [0.25, 0.3) is 0 Å². The number of rotatable bonds is 5. The Kier molecular flexibility index (Phi) is 5.09. The first-order chi connectivity index (χ1) is 8.99. The molecular formula is C13H16F2O4. The van der Waals surface area contributed by atoms with Gasteiger partial charge in [-0.3, -0.25) is 0 Å². The van der Waals surface area contributed by atoms with E-state index < -0.39 is 28.8 Å². The second-order valence-corrected chi connectivity index (χ2v) is 4.21. The van der Waals surface area contributed by atoms with Crippen LogP contribution in [-0.4, -0.2) is 16.2 Å². The van der Waals surface area contributed by atoms with Crippen LogP contribution in [0.5, 0.6) is 11.5 Å². The van der Waals surface area contributed by atoms with Crippen LogP contribution in [0.15, 0.2) is 0 Å². The summed E-state index contributed by atoms with van der Waals surface area (Å²) in [4.78, 5) is 14.5. The number of halogens is 2. The zero-order valence-corrected chi connectivity index (χ0v) is 10.8. The molecule has 4 nitrogen and oxygen atoms in total. The Bertz CT molecular complexity index is 486. The molecule has 0 spiro atoms. The summed E-state index contributed by atoms with van der Waals surface area (Å²) >= 11 is 0. The van der Waals surface area contributed by atoms with Crippen LogP contribution in [-0.2, 0) is 17.8 Å². The molecule has 0 unspecified atom stereocenters. The minimum absolute atomic E-state index is 0.111. The van der Waals surface area contributed by atoms with E-state index in [0.29, 0.717) is 12.8 Å². The first-order valence-electron chi connectivity index (χ1n) is 6.07. The van der Waals surface area contributed by atoms with Gasteiger partial charge < -0.3 is 10.2 Å². The monoisotopic (exact) mass is 274 g/mol. The molecule has 1 rings (SSSR count). The molecule has 0 radical (unpaired) electrons. The van der Waals surface area contributed by atoms with E-state index in [1.54, 1.807) is 13.8 Å². The topological polar surface area (TPSA) is 66.8 Å². The molecule has 0 aliphatic carbocycles. The van der Waals surface area contributed by atoms with Crippen molar-refractivity contribution in [1.82, 2.24) is 0 Å². The molecular weight excluding hydrogens is 258 g/mol. The second-order valence-electron chi connectivity index (χ2n) is 4.21. The summed E-state index contributed by atoms with van der Waals surface area (Å²) < 4.78 is 26.0. The fourth-order valence-electron chi connectivity index (χ4n) is 2.09. The van der Waals surface area contributed by atoms with Crippen molar-refractivity contribution in [1.29, 1.82) is 0 Å². The van der Waals surface area contributed by atoms with Crippen molar-refractivity contribution in [2.45, 2.75) is 39.5 Å². The van der Waals surface area contributed by atoms with Crippen LogP contribution in [0.2, 0.25) is 0 Å². The lowest BCUT2D eigenvalue weighted by Crippen LogP contribution is -2.10. The largest absolute Gasteiger partial charge is 0.504 e. The summed E-state index contributed by atoms with van der Waals surface area (Å²) in [6, 6.07) is 0. The van der Waals surface area contributed by atoms with Crippen molar-refractivity contribution in [3.05, 3.63) is 22.5 Å². The van der Waals surface area contributed by atoms with E-state index in [1.165, 1.54) is 0 Å². The molecule has 0 amide bonds. The van der Waals surface area contributed by atoms with E-state index in [0.717, 1.165) is 0 Å². The molecule has 0 bridgehead atoms. The van der Waals surface area contributed by atoms with Gasteiger partial charge in [-0.05, 0) is 24.0 Å². The third kappa shape index (κ3) is 2.77. The van der Waals surface area contributed by atoms with Gasteiger partial charge in [0.2, 0.25) is 0 Å². The maximum atomic E-state index is 13.9. The van der Waals surface area contributed by atoms with Crippen LogP contribution in [0.3, 0.4) is 0 Å². The molecule has 1 aromatic rings. The van der Waals surface area contributed by atoms with Crippen molar-refractivity contribution >= 4 is 5.97 Å². The number of phenolic OH excluding ortho intramolecular Hbond substituents is 2. The minimum atomic E-state index is -1.44. The Balaban J connectivity index is 3.62. The summed E-state index contributed by atoms with van der Waals surface area (Å²) in [6.07, 6.45) is 1.67. The van der Waals surface area contributed by atoms with Gasteiger partial charge in [0, 0.05) is 4.53 Å². The van der Waals surface area contributed by atoms with Crippen molar-refractivity contribution < 1.29 is 28.9 Å². The summed E-state index contributed by atoms with van der Waals surface area (Å²) in [5.74, 6) is -4.45. The van der Waals surface area contributed by atoms with Crippen LogP contribution in [0.1, 0.15) is 48.2 Å². The summed E-state index contributed by atoms with van der Waals surface area (Å²) in [7, 11) is 0. The minimum Gasteiger partial charge on any atom is -0.504 e. The van der Waals surface area contributed by atoms with Gasteiger partial charge in [-0.2, -0.15) is 0 Å². The second kappa shape index (κ2) is 6.36. The van der Waals surface area contributed by atoms with Gasteiger partial charge in [0.1, 0.15) is 5.56 Å². The number of aromatic hydroxyl groups is 2. The van der Waals surface area contributed by atoms with Crippen molar-refractivity contribution in [2.24, 2.45) is 0 Å². The highest BCUT2D eigenvalue weighted by Gasteiger charge is 2.28. The number of hydrogen-bond acceptors (Lipinski definition) is 4. The van der Waals surface area contributed by atoms with E-state index in [9.17, 15) is 23.9 Å². The number of carbonyl (C=O) groups is 1. The van der Waals surface area contributed by atoms with Crippen LogP contribution in [0.25, 0.3) is 0 Å². The lowest BCUT2D eigenvalue weighted by Gasteiger charge is -2.16. The molecule has 0 aliphatic heterocycles. The van der Waals surface area contributed by atoms with Gasteiger partial charge in [-0.25, -0.2) is 14.1 Å². The molecule has 2 N–H and O–H groups in total. The SMILES string of the molecule is CCCc1c(F)c(O)c(O)c(C(=O)OF)c1CCC. The Labute approximate surface area is 109 Å². The molecule has 0 atom stereocenters. The molecule has 0 heterocycles. The fraction of sp³-hybridized carbons (Fsp3) is 0.462. The summed E-state index contributed by atoms with van der Waals surface area (Å²) in [5.41, 5.74) is -0.216. The third-order valence-corrected chi connectivity index (χ3v) is 2.87. The smallest absolute Gasteiger partial charge is 0.383 e. The molecule has 0 aromatic heterocycles. The van der Waals surface area contributed by atoms with E-state index in [1.807, 2.05) is 0 Å². The zero-order chi connectivity index (χ0) is 14.6. The lowest BCUT2D eigenvalue weighted by molar-refractivity contribution is -0.0791. The van der Waals surface area contributed by atoms with Crippen LogP contribution in [0, 0.1) is 5.82 Å². The van der Waals surface area contributed by atoms with E-state index >= 15 is 0 Å². The maximum absolute atomic E-state index is 13.9. The zero-order valence-electron chi connectivity index (χ0n) is 10.8. The molecule has 0 saturated carbocycles. The third-order valence-electron chi connectivity index (χ3n) is 2.87. The Morgan fingerprint density at radius 2 is 1.63 bits per heavy atom. The van der Waals surface area contributed by atoms with E-state index in [4.69, 9.17) is 0 Å². The maximum Gasteiger partial charge on any atom is 0.383 e. The fourth-order valence-corrected chi connectivity index (χ4v) is 2.09. The predicted molar refractivity (Wildman–Crippen MR) is 64.2 cm³/mol. The molecule has 0 saturated heterocycles. The first kappa shape index (κ1) is 15.2. The summed E-state index contributed by atoms with van der Waals surface area (Å²) in [6.45, 7) is 3.59. The molecule has 6 heteroatoms. The molecule has 0 aliphatic rings. The summed E-state index contributed by atoms with van der Waals surface area (Å²) in [5, 5.41) is 19.1. The van der Waals surface area contributed by atoms with E-state index in [2.05, 4.69) is 4.94 Å². The molecule has 19 heavy (non-hydrogen) atoms. The highest BCUT2D eigenvalue weighted by Crippen LogP contribution is 2.39. The van der Waals surface area contributed by atoms with Crippen molar-refractivity contribution in [3.8, 4) is 11.5 Å². The number of benzene rings is 1. The molecule has 0 fully saturated rings. The van der Waals surface area contributed by atoms with Gasteiger partial charge in [0.15, 0.2) is 17.3 Å². The average Bonchev–Trinajstić information content (AvgIpc) is 2.40. The molecule has 1 aromatic carbocycles. The number of carbonyl (C=O) groups excluding carboxylic acids is 1. The van der Waals surface area contributed by atoms with Gasteiger partial charge >= 0.3 is 5.97 Å². The van der Waals surface area contributed by atoms with Crippen LogP contribution in [0.4, 0.5) is 8.92 Å². The first-order valence-corrected chi connectivity index (χ1v) is 6.07. The van der Waals surface area contributed by atoms with Crippen LogP contribution < -0.4 is 0 Å². The van der Waals surface area contributed by atoms with Crippen LogP contribution >= 0.6 is 0 Å². The highest BCUT2D eigenvalue weighted by atomic mass is 19.3. The van der Waals surface area contributed by atoms with Gasteiger partial charge in [-0.1, -0.05) is 26.7 Å².